The quantitative estimate of drug-likeness (QED) is 0.555. The molecule has 3 heteroatoms. The first-order valence-electron chi connectivity index (χ1n) is 5.14. The molecule has 0 atom stereocenters. The maximum absolute atomic E-state index is 10.7. The van der Waals surface area contributed by atoms with E-state index in [1.807, 2.05) is 39.0 Å². The van der Waals surface area contributed by atoms with Gasteiger partial charge in [0.05, 0.1) is 0 Å². The summed E-state index contributed by atoms with van der Waals surface area (Å²) in [5.41, 5.74) is 2.77. The number of benzene rings is 1. The van der Waals surface area contributed by atoms with Gasteiger partial charge in [-0.05, 0) is 25.6 Å². The van der Waals surface area contributed by atoms with Crippen molar-refractivity contribution in [2.24, 2.45) is 0 Å². The Morgan fingerprint density at radius 1 is 1.40 bits per heavy atom. The number of hydrogen-bond donors (Lipinski definition) is 0. The van der Waals surface area contributed by atoms with E-state index in [0.717, 1.165) is 23.0 Å². The highest BCUT2D eigenvalue weighted by atomic mass is 16.1. The summed E-state index contributed by atoms with van der Waals surface area (Å²) in [7, 11) is 7.28. The van der Waals surface area contributed by atoms with Crippen LogP contribution in [-0.2, 0) is 6.54 Å². The van der Waals surface area contributed by atoms with Crippen LogP contribution in [0.25, 0.3) is 0 Å². The molecule has 0 bridgehead atoms. The van der Waals surface area contributed by atoms with E-state index >= 15 is 0 Å². The van der Waals surface area contributed by atoms with Crippen LogP contribution in [0.1, 0.15) is 35.3 Å². The van der Waals surface area contributed by atoms with Crippen molar-refractivity contribution in [2.45, 2.75) is 27.3 Å². The smallest absolute Gasteiger partial charge is 0.182 e. The molecule has 15 heavy (non-hydrogen) atoms. The number of hydrogen-bond acceptors (Lipinski definition) is 2. The molecule has 0 saturated carbocycles. The van der Waals surface area contributed by atoms with E-state index in [1.54, 1.807) is 11.9 Å². The van der Waals surface area contributed by atoms with Crippen molar-refractivity contribution >= 4 is 14.3 Å². The molecule has 0 spiro atoms. The van der Waals surface area contributed by atoms with Gasteiger partial charge in [-0.25, -0.2) is 0 Å². The number of carbonyl (C=O) groups excluding carboxylic acids is 1. The predicted molar refractivity (Wildman–Crippen MR) is 65.1 cm³/mol. The minimum atomic E-state index is 0.592. The highest BCUT2D eigenvalue weighted by molar-refractivity contribution is 6.04. The van der Waals surface area contributed by atoms with Gasteiger partial charge in [-0.15, -0.1) is 0 Å². The Morgan fingerprint density at radius 2 is 2.00 bits per heavy atom. The fourth-order valence-electron chi connectivity index (χ4n) is 1.24. The molecule has 0 unspecified atom stereocenters. The third-order valence-electron chi connectivity index (χ3n) is 1.85. The van der Waals surface area contributed by atoms with E-state index in [4.69, 9.17) is 7.98 Å². The van der Waals surface area contributed by atoms with Crippen LogP contribution in [0.15, 0.2) is 18.2 Å². The van der Waals surface area contributed by atoms with Crippen molar-refractivity contribution in [3.8, 4) is 0 Å². The number of aryl methyl sites for hydroxylation is 1. The van der Waals surface area contributed by atoms with E-state index in [2.05, 4.69) is 0 Å². The van der Waals surface area contributed by atoms with Gasteiger partial charge in [0.25, 0.3) is 0 Å². The van der Waals surface area contributed by atoms with Crippen molar-refractivity contribution in [3.05, 3.63) is 34.9 Å². The molecule has 0 amide bonds. The lowest BCUT2D eigenvalue weighted by Gasteiger charge is -2.12. The van der Waals surface area contributed by atoms with Crippen molar-refractivity contribution in [3.63, 3.8) is 0 Å². The first kappa shape index (κ1) is 13.9. The van der Waals surface area contributed by atoms with Crippen LogP contribution in [0.5, 0.6) is 0 Å². The summed E-state index contributed by atoms with van der Waals surface area (Å²) in [6.45, 7) is 6.55. The number of aldehydes is 1. The Hall–Kier alpha value is -1.09. The van der Waals surface area contributed by atoms with E-state index in [1.165, 1.54) is 0 Å². The van der Waals surface area contributed by atoms with Crippen LogP contribution in [0, 0.1) is 6.92 Å². The zero-order chi connectivity index (χ0) is 11.8. The second-order valence-corrected chi connectivity index (χ2v) is 3.24. The lowest BCUT2D eigenvalue weighted by atomic mass is 10.0. The Morgan fingerprint density at radius 3 is 2.47 bits per heavy atom. The monoisotopic (exact) mass is 203 g/mol. The van der Waals surface area contributed by atoms with E-state index in [-0.39, 0.29) is 0 Å². The highest BCUT2D eigenvalue weighted by Gasteiger charge is 2.02. The van der Waals surface area contributed by atoms with Gasteiger partial charge < -0.3 is 4.81 Å². The molecule has 1 rings (SSSR count). The maximum Gasteiger partial charge on any atom is 0.182 e. The van der Waals surface area contributed by atoms with Gasteiger partial charge in [0.2, 0.25) is 0 Å². The van der Waals surface area contributed by atoms with Gasteiger partial charge in [0.1, 0.15) is 6.29 Å². The largest absolute Gasteiger partial charge is 0.352 e. The predicted octanol–water partition coefficient (Wildman–Crippen LogP) is 2.35. The van der Waals surface area contributed by atoms with Crippen LogP contribution >= 0.6 is 0 Å². The first-order chi connectivity index (χ1) is 7.13. The second-order valence-electron chi connectivity index (χ2n) is 3.24. The molecule has 0 aliphatic rings. The Kier molecular flexibility index (Phi) is 6.72. The summed E-state index contributed by atoms with van der Waals surface area (Å²) in [5, 5.41) is 0. The number of carbonyl (C=O) groups is 1. The molecule has 1 aromatic rings. The van der Waals surface area contributed by atoms with Gasteiger partial charge in [0, 0.05) is 12.1 Å². The molecule has 1 aromatic carbocycles. The van der Waals surface area contributed by atoms with Gasteiger partial charge in [-0.1, -0.05) is 31.5 Å². The molecule has 0 aliphatic carbocycles. The van der Waals surface area contributed by atoms with Gasteiger partial charge >= 0.3 is 0 Å². The van der Waals surface area contributed by atoms with E-state index in [9.17, 15) is 4.79 Å². The SMILES string of the molecule is CC.[B]N(C)Cc1ccc(C)cc1C=O. The van der Waals surface area contributed by atoms with Gasteiger partial charge in [0.15, 0.2) is 7.98 Å². The number of nitrogens with zero attached hydrogens (tertiary/aromatic N) is 1. The van der Waals surface area contributed by atoms with E-state index in [0.29, 0.717) is 6.54 Å². The van der Waals surface area contributed by atoms with Gasteiger partial charge in [-0.3, -0.25) is 4.79 Å². The molecule has 0 saturated heterocycles. The fraction of sp³-hybridized carbons (Fsp3) is 0.417. The summed E-state index contributed by atoms with van der Waals surface area (Å²) < 4.78 is 0. The van der Waals surface area contributed by atoms with Crippen LogP contribution in [-0.4, -0.2) is 26.1 Å². The highest BCUT2D eigenvalue weighted by Crippen LogP contribution is 2.10. The van der Waals surface area contributed by atoms with Crippen molar-refractivity contribution < 1.29 is 4.79 Å². The summed E-state index contributed by atoms with van der Waals surface area (Å²) in [6, 6.07) is 5.78. The summed E-state index contributed by atoms with van der Waals surface area (Å²) in [4.78, 5) is 12.3. The third-order valence-corrected chi connectivity index (χ3v) is 1.85. The molecule has 2 nitrogen and oxygen atoms in total. The minimum absolute atomic E-state index is 0.592. The zero-order valence-corrected chi connectivity index (χ0v) is 9.95. The molecule has 0 aliphatic heterocycles. The Bertz CT molecular complexity index is 310. The van der Waals surface area contributed by atoms with Gasteiger partial charge in [-0.2, -0.15) is 0 Å². The molecule has 80 valence electrons. The van der Waals surface area contributed by atoms with Crippen LogP contribution in [0.4, 0.5) is 0 Å². The summed E-state index contributed by atoms with van der Waals surface area (Å²) >= 11 is 0. The third kappa shape index (κ3) is 4.79. The maximum atomic E-state index is 10.7. The summed E-state index contributed by atoms with van der Waals surface area (Å²) in [6.07, 6.45) is 0.867. The molecule has 0 fully saturated rings. The number of rotatable bonds is 3. The Balaban J connectivity index is 0.000000921. The van der Waals surface area contributed by atoms with E-state index < -0.39 is 0 Å². The average Bonchev–Trinajstić information content (AvgIpc) is 2.23. The Labute approximate surface area is 93.7 Å². The summed E-state index contributed by atoms with van der Waals surface area (Å²) in [5.74, 6) is 0. The fourth-order valence-corrected chi connectivity index (χ4v) is 1.24. The molecule has 2 radical (unpaired) electrons. The van der Waals surface area contributed by atoms with Crippen molar-refractivity contribution in [1.82, 2.24) is 4.81 Å². The standard InChI is InChI=1S/C10H12BNO.C2H6/c1-8-3-4-9(6-12(2)11)10(5-8)7-13;1-2/h3-5,7H,6H2,1-2H3;1-2H3. The molecular weight excluding hydrogens is 185 g/mol. The topological polar surface area (TPSA) is 20.3 Å². The van der Waals surface area contributed by atoms with Crippen LogP contribution in [0.3, 0.4) is 0 Å². The normalized spacial score (nSPS) is 9.40. The first-order valence-corrected chi connectivity index (χ1v) is 5.14. The molecule has 0 aromatic heterocycles. The minimum Gasteiger partial charge on any atom is -0.352 e. The molecular formula is C12H18BNO. The van der Waals surface area contributed by atoms with Crippen molar-refractivity contribution in [1.29, 1.82) is 0 Å². The van der Waals surface area contributed by atoms with Crippen molar-refractivity contribution in [2.75, 3.05) is 7.05 Å². The second kappa shape index (κ2) is 7.24. The zero-order valence-electron chi connectivity index (χ0n) is 9.95. The molecule has 0 heterocycles. The lowest BCUT2D eigenvalue weighted by molar-refractivity contribution is 0.112. The average molecular weight is 203 g/mol. The van der Waals surface area contributed by atoms with Crippen LogP contribution < -0.4 is 0 Å². The lowest BCUT2D eigenvalue weighted by Crippen LogP contribution is -2.14. The molecule has 0 N–H and O–H groups in total. The van der Waals surface area contributed by atoms with Crippen LogP contribution in [0.2, 0.25) is 0 Å².